The highest BCUT2D eigenvalue weighted by Crippen LogP contribution is 2.24. The molecule has 1 N–H and O–H groups in total. The zero-order chi connectivity index (χ0) is 13.8. The van der Waals surface area contributed by atoms with Crippen LogP contribution in [0, 0.1) is 5.92 Å². The fourth-order valence-electron chi connectivity index (χ4n) is 3.48. The quantitative estimate of drug-likeness (QED) is 0.780. The molecule has 1 heteroatoms. The summed E-state index contributed by atoms with van der Waals surface area (Å²) in [5, 5.41) is 6.56. The van der Waals surface area contributed by atoms with Crippen molar-refractivity contribution in [3.05, 3.63) is 48.0 Å². The second kappa shape index (κ2) is 6.41. The minimum atomic E-state index is 0.691. The second-order valence-corrected chi connectivity index (χ2v) is 6.24. The van der Waals surface area contributed by atoms with Crippen LogP contribution in [-0.2, 0) is 6.54 Å². The molecule has 0 bridgehead atoms. The molecule has 1 nitrogen and oxygen atoms in total. The number of benzene rings is 2. The molecule has 3 rings (SSSR count). The first kappa shape index (κ1) is 13.6. The molecule has 1 aliphatic carbocycles. The predicted octanol–water partition coefficient (Wildman–Crippen LogP) is 4.90. The van der Waals surface area contributed by atoms with Crippen LogP contribution in [0.2, 0.25) is 0 Å². The molecule has 0 aromatic heterocycles. The molecule has 1 saturated carbocycles. The third-order valence-corrected chi connectivity index (χ3v) is 4.80. The smallest absolute Gasteiger partial charge is 0.0214 e. The van der Waals surface area contributed by atoms with Crippen molar-refractivity contribution in [1.29, 1.82) is 0 Å². The Morgan fingerprint density at radius 1 is 0.950 bits per heavy atom. The zero-order valence-electron chi connectivity index (χ0n) is 12.4. The number of hydrogen-bond acceptors (Lipinski definition) is 1. The first-order valence-corrected chi connectivity index (χ1v) is 8.04. The SMILES string of the molecule is CC1CCCCCC1NCc1cccc2ccccc12. The Morgan fingerprint density at radius 2 is 1.75 bits per heavy atom. The molecule has 0 heterocycles. The highest BCUT2D eigenvalue weighted by molar-refractivity contribution is 5.85. The molecule has 1 fully saturated rings. The van der Waals surface area contributed by atoms with Crippen molar-refractivity contribution in [2.24, 2.45) is 5.92 Å². The molecule has 1 aliphatic rings. The van der Waals surface area contributed by atoms with Gasteiger partial charge in [-0.05, 0) is 35.1 Å². The van der Waals surface area contributed by atoms with Crippen LogP contribution in [-0.4, -0.2) is 6.04 Å². The van der Waals surface area contributed by atoms with Gasteiger partial charge >= 0.3 is 0 Å². The van der Waals surface area contributed by atoms with E-state index in [-0.39, 0.29) is 0 Å². The van der Waals surface area contributed by atoms with Crippen LogP contribution < -0.4 is 5.32 Å². The number of rotatable bonds is 3. The van der Waals surface area contributed by atoms with Gasteiger partial charge in [0.2, 0.25) is 0 Å². The van der Waals surface area contributed by atoms with E-state index in [0.29, 0.717) is 6.04 Å². The standard InChI is InChI=1S/C19H25N/c1-15-8-3-2-4-13-19(15)20-14-17-11-7-10-16-9-5-6-12-18(16)17/h5-7,9-12,15,19-20H,2-4,8,13-14H2,1H3. The van der Waals surface area contributed by atoms with Crippen LogP contribution in [0.3, 0.4) is 0 Å². The second-order valence-electron chi connectivity index (χ2n) is 6.24. The van der Waals surface area contributed by atoms with Crippen molar-refractivity contribution in [2.45, 2.75) is 51.6 Å². The van der Waals surface area contributed by atoms with Gasteiger partial charge in [0.1, 0.15) is 0 Å². The normalized spacial score (nSPS) is 23.6. The fraction of sp³-hybridized carbons (Fsp3) is 0.474. The predicted molar refractivity (Wildman–Crippen MR) is 86.8 cm³/mol. The highest BCUT2D eigenvalue weighted by atomic mass is 14.9. The van der Waals surface area contributed by atoms with Gasteiger partial charge in [0, 0.05) is 12.6 Å². The molecule has 2 aromatic carbocycles. The molecule has 0 amide bonds. The minimum absolute atomic E-state index is 0.691. The third kappa shape index (κ3) is 3.04. The fourth-order valence-corrected chi connectivity index (χ4v) is 3.48. The first-order chi connectivity index (χ1) is 9.84. The van der Waals surface area contributed by atoms with Crippen LogP contribution in [0.25, 0.3) is 10.8 Å². The summed E-state index contributed by atoms with van der Waals surface area (Å²) in [6.45, 7) is 3.41. The molecule has 0 saturated heterocycles. The van der Waals surface area contributed by atoms with Crippen LogP contribution in [0.1, 0.15) is 44.6 Å². The lowest BCUT2D eigenvalue weighted by Crippen LogP contribution is -2.33. The van der Waals surface area contributed by atoms with E-state index in [1.165, 1.54) is 48.4 Å². The Labute approximate surface area is 122 Å². The Bertz CT molecular complexity index is 555. The van der Waals surface area contributed by atoms with Gasteiger partial charge in [-0.15, -0.1) is 0 Å². The van der Waals surface area contributed by atoms with E-state index in [1.807, 2.05) is 0 Å². The monoisotopic (exact) mass is 267 g/mol. The van der Waals surface area contributed by atoms with Crippen molar-refractivity contribution >= 4 is 10.8 Å². The number of hydrogen-bond donors (Lipinski definition) is 1. The van der Waals surface area contributed by atoms with Gasteiger partial charge in [-0.2, -0.15) is 0 Å². The van der Waals surface area contributed by atoms with Gasteiger partial charge in [-0.25, -0.2) is 0 Å². The van der Waals surface area contributed by atoms with Gasteiger partial charge < -0.3 is 5.32 Å². The highest BCUT2D eigenvalue weighted by Gasteiger charge is 2.19. The maximum atomic E-state index is 3.82. The first-order valence-electron chi connectivity index (χ1n) is 8.04. The van der Waals surface area contributed by atoms with Gasteiger partial charge in [0.25, 0.3) is 0 Å². The largest absolute Gasteiger partial charge is 0.310 e. The average molecular weight is 267 g/mol. The lowest BCUT2D eigenvalue weighted by atomic mass is 9.96. The molecule has 20 heavy (non-hydrogen) atoms. The molecule has 0 radical (unpaired) electrons. The van der Waals surface area contributed by atoms with E-state index in [0.717, 1.165) is 12.5 Å². The summed E-state index contributed by atoms with van der Waals surface area (Å²) >= 11 is 0. The van der Waals surface area contributed by atoms with E-state index in [9.17, 15) is 0 Å². The topological polar surface area (TPSA) is 12.0 Å². The van der Waals surface area contributed by atoms with Crippen LogP contribution >= 0.6 is 0 Å². The Morgan fingerprint density at radius 3 is 2.70 bits per heavy atom. The number of nitrogens with one attached hydrogen (secondary N) is 1. The summed E-state index contributed by atoms with van der Waals surface area (Å²) in [4.78, 5) is 0. The van der Waals surface area contributed by atoms with Gasteiger partial charge in [0.05, 0.1) is 0 Å². The summed E-state index contributed by atoms with van der Waals surface area (Å²) in [5.74, 6) is 0.812. The third-order valence-electron chi connectivity index (χ3n) is 4.80. The molecular weight excluding hydrogens is 242 g/mol. The number of fused-ring (bicyclic) bond motifs is 1. The van der Waals surface area contributed by atoms with Gasteiger partial charge in [-0.1, -0.05) is 68.7 Å². The van der Waals surface area contributed by atoms with E-state index in [2.05, 4.69) is 54.7 Å². The summed E-state index contributed by atoms with van der Waals surface area (Å²) in [6, 6.07) is 16.0. The molecule has 0 spiro atoms. The van der Waals surface area contributed by atoms with E-state index >= 15 is 0 Å². The Kier molecular flexibility index (Phi) is 4.37. The summed E-state index contributed by atoms with van der Waals surface area (Å²) in [7, 11) is 0. The van der Waals surface area contributed by atoms with Crippen molar-refractivity contribution in [2.75, 3.05) is 0 Å². The summed E-state index contributed by atoms with van der Waals surface area (Å²) < 4.78 is 0. The summed E-state index contributed by atoms with van der Waals surface area (Å²) in [6.07, 6.45) is 6.93. The Balaban J connectivity index is 1.73. The van der Waals surface area contributed by atoms with Crippen LogP contribution in [0.4, 0.5) is 0 Å². The van der Waals surface area contributed by atoms with Crippen LogP contribution in [0.15, 0.2) is 42.5 Å². The van der Waals surface area contributed by atoms with Gasteiger partial charge in [-0.3, -0.25) is 0 Å². The maximum absolute atomic E-state index is 3.82. The molecule has 2 unspecified atom stereocenters. The van der Waals surface area contributed by atoms with Crippen molar-refractivity contribution in [3.8, 4) is 0 Å². The molecule has 2 atom stereocenters. The Hall–Kier alpha value is -1.34. The lowest BCUT2D eigenvalue weighted by molar-refractivity contribution is 0.356. The van der Waals surface area contributed by atoms with Crippen molar-refractivity contribution < 1.29 is 0 Å². The average Bonchev–Trinajstić information content (AvgIpc) is 2.69. The molecular formula is C19H25N. The zero-order valence-corrected chi connectivity index (χ0v) is 12.4. The molecule has 0 aliphatic heterocycles. The van der Waals surface area contributed by atoms with Crippen LogP contribution in [0.5, 0.6) is 0 Å². The molecule has 2 aromatic rings. The minimum Gasteiger partial charge on any atom is -0.310 e. The molecule has 106 valence electrons. The van der Waals surface area contributed by atoms with E-state index in [1.54, 1.807) is 0 Å². The van der Waals surface area contributed by atoms with E-state index in [4.69, 9.17) is 0 Å². The lowest BCUT2D eigenvalue weighted by Gasteiger charge is -2.23. The van der Waals surface area contributed by atoms with E-state index < -0.39 is 0 Å². The maximum Gasteiger partial charge on any atom is 0.0214 e. The van der Waals surface area contributed by atoms with Crippen molar-refractivity contribution in [1.82, 2.24) is 5.32 Å². The van der Waals surface area contributed by atoms with Gasteiger partial charge in [0.15, 0.2) is 0 Å². The van der Waals surface area contributed by atoms with Crippen molar-refractivity contribution in [3.63, 3.8) is 0 Å². The summed E-state index contributed by atoms with van der Waals surface area (Å²) in [5.41, 5.74) is 1.43.